The van der Waals surface area contributed by atoms with Gasteiger partial charge in [-0.25, -0.2) is 15.0 Å². The van der Waals surface area contributed by atoms with Gasteiger partial charge in [0.2, 0.25) is 0 Å². The zero-order chi connectivity index (χ0) is 34.0. The third-order valence-corrected chi connectivity index (χ3v) is 9.62. The highest BCUT2D eigenvalue weighted by atomic mass is 16.3. The number of benzene rings is 7. The maximum Gasteiger partial charge on any atom is 0.164 e. The van der Waals surface area contributed by atoms with Crippen molar-refractivity contribution in [1.82, 2.24) is 15.0 Å². The minimum absolute atomic E-state index is 0.0290. The maximum absolute atomic E-state index is 6.25. The van der Waals surface area contributed by atoms with Gasteiger partial charge in [-0.05, 0) is 46.5 Å². The Morgan fingerprint density at radius 2 is 0.745 bits per heavy atom. The Kier molecular flexibility index (Phi) is 7.95. The van der Waals surface area contributed by atoms with E-state index in [2.05, 4.69) is 133 Å². The summed E-state index contributed by atoms with van der Waals surface area (Å²) in [6.45, 7) is 0. The van der Waals surface area contributed by atoms with Gasteiger partial charge >= 0.3 is 0 Å². The SMILES string of the molecule is c1ccc(-c2nc(-c3cccc(C(c4ccccc4)C(c4ccccc4)c4ccccc4)c3)nc(-c3ccc4c(c3)oc3ccccc34)n2)cc1. The van der Waals surface area contributed by atoms with Crippen LogP contribution in [0.1, 0.15) is 34.1 Å². The van der Waals surface area contributed by atoms with Gasteiger partial charge in [0, 0.05) is 39.3 Å². The van der Waals surface area contributed by atoms with E-state index < -0.39 is 0 Å². The molecule has 4 nitrogen and oxygen atoms in total. The van der Waals surface area contributed by atoms with Crippen molar-refractivity contribution in [2.75, 3.05) is 0 Å². The number of fused-ring (bicyclic) bond motifs is 3. The fourth-order valence-corrected chi connectivity index (χ4v) is 7.22. The molecule has 2 heterocycles. The van der Waals surface area contributed by atoms with E-state index in [1.54, 1.807) is 0 Å². The van der Waals surface area contributed by atoms with Gasteiger partial charge in [0.1, 0.15) is 11.2 Å². The predicted molar refractivity (Wildman–Crippen MR) is 206 cm³/mol. The van der Waals surface area contributed by atoms with E-state index >= 15 is 0 Å². The molecular weight excluding hydrogens is 623 g/mol. The molecule has 0 saturated heterocycles. The molecule has 0 fully saturated rings. The Labute approximate surface area is 296 Å². The summed E-state index contributed by atoms with van der Waals surface area (Å²) in [5.74, 6) is 1.94. The van der Waals surface area contributed by atoms with E-state index in [-0.39, 0.29) is 11.8 Å². The van der Waals surface area contributed by atoms with Crippen molar-refractivity contribution in [2.45, 2.75) is 11.8 Å². The number of hydrogen-bond donors (Lipinski definition) is 0. The first-order valence-electron chi connectivity index (χ1n) is 17.3. The Balaban J connectivity index is 1.21. The summed E-state index contributed by atoms with van der Waals surface area (Å²) < 4.78 is 6.25. The van der Waals surface area contributed by atoms with Crippen molar-refractivity contribution in [3.63, 3.8) is 0 Å². The van der Waals surface area contributed by atoms with Crippen LogP contribution in [-0.4, -0.2) is 15.0 Å². The van der Waals surface area contributed by atoms with E-state index in [4.69, 9.17) is 19.4 Å². The zero-order valence-electron chi connectivity index (χ0n) is 27.8. The second-order valence-corrected chi connectivity index (χ2v) is 12.8. The largest absolute Gasteiger partial charge is 0.456 e. The molecule has 1 atom stereocenters. The number of furan rings is 1. The first kappa shape index (κ1) is 30.4. The molecule has 9 aromatic rings. The van der Waals surface area contributed by atoms with Crippen LogP contribution in [-0.2, 0) is 0 Å². The van der Waals surface area contributed by atoms with Crippen LogP contribution >= 0.6 is 0 Å². The van der Waals surface area contributed by atoms with Crippen LogP contribution in [0.5, 0.6) is 0 Å². The van der Waals surface area contributed by atoms with E-state index in [1.165, 1.54) is 22.3 Å². The minimum atomic E-state index is 0.0290. The topological polar surface area (TPSA) is 51.8 Å². The Morgan fingerprint density at radius 1 is 0.314 bits per heavy atom. The summed E-state index contributed by atoms with van der Waals surface area (Å²) >= 11 is 0. The second-order valence-electron chi connectivity index (χ2n) is 12.8. The highest BCUT2D eigenvalue weighted by Gasteiger charge is 2.28. The van der Waals surface area contributed by atoms with Crippen molar-refractivity contribution >= 4 is 21.9 Å². The van der Waals surface area contributed by atoms with Crippen LogP contribution in [0, 0.1) is 0 Å². The summed E-state index contributed by atoms with van der Waals surface area (Å²) in [6, 6.07) is 65.6. The molecule has 0 radical (unpaired) electrons. The Bertz CT molecular complexity index is 2540. The van der Waals surface area contributed by atoms with Crippen molar-refractivity contribution in [3.8, 4) is 34.2 Å². The van der Waals surface area contributed by atoms with Crippen LogP contribution in [0.4, 0.5) is 0 Å². The van der Waals surface area contributed by atoms with Gasteiger partial charge in [-0.1, -0.05) is 164 Å². The van der Waals surface area contributed by atoms with Gasteiger partial charge in [-0.3, -0.25) is 0 Å². The fourth-order valence-electron chi connectivity index (χ4n) is 7.22. The monoisotopic (exact) mass is 655 g/mol. The maximum atomic E-state index is 6.25. The van der Waals surface area contributed by atoms with Gasteiger partial charge in [0.05, 0.1) is 0 Å². The lowest BCUT2D eigenvalue weighted by molar-refractivity contribution is 0.669. The van der Waals surface area contributed by atoms with Gasteiger partial charge in [-0.15, -0.1) is 0 Å². The third kappa shape index (κ3) is 5.98. The highest BCUT2D eigenvalue weighted by Crippen LogP contribution is 2.43. The lowest BCUT2D eigenvalue weighted by Crippen LogP contribution is -2.15. The first-order valence-corrected chi connectivity index (χ1v) is 17.3. The average Bonchev–Trinajstić information content (AvgIpc) is 3.59. The van der Waals surface area contributed by atoms with E-state index in [9.17, 15) is 0 Å². The number of aromatic nitrogens is 3. The molecule has 7 aromatic carbocycles. The lowest BCUT2D eigenvalue weighted by Gasteiger charge is -2.30. The number of hydrogen-bond acceptors (Lipinski definition) is 4. The van der Waals surface area contributed by atoms with Gasteiger partial charge in [0.15, 0.2) is 17.5 Å². The zero-order valence-corrected chi connectivity index (χ0v) is 27.8. The molecule has 242 valence electrons. The molecule has 0 spiro atoms. The molecule has 4 heteroatoms. The fraction of sp³-hybridized carbons (Fsp3) is 0.0426. The molecular formula is C47H33N3O. The smallest absolute Gasteiger partial charge is 0.164 e. The molecule has 2 aromatic heterocycles. The summed E-state index contributed by atoms with van der Waals surface area (Å²) in [5, 5.41) is 2.16. The van der Waals surface area contributed by atoms with Crippen molar-refractivity contribution in [3.05, 3.63) is 210 Å². The quantitative estimate of drug-likeness (QED) is 0.163. The standard InChI is InChI=1S/C47H33N3O/c1-5-16-32(17-6-1)43(33-18-7-2-8-19-33)44(34-20-9-3-10-21-34)36-24-15-25-37(30-36)46-48-45(35-22-11-4-12-23-35)49-47(50-46)38-28-29-40-39-26-13-14-27-41(39)51-42(40)31-38/h1-31,43-44H. The van der Waals surface area contributed by atoms with Crippen LogP contribution < -0.4 is 0 Å². The van der Waals surface area contributed by atoms with Crippen LogP contribution in [0.15, 0.2) is 192 Å². The molecule has 51 heavy (non-hydrogen) atoms. The van der Waals surface area contributed by atoms with Crippen LogP contribution in [0.2, 0.25) is 0 Å². The van der Waals surface area contributed by atoms with Crippen molar-refractivity contribution in [2.24, 2.45) is 0 Å². The van der Waals surface area contributed by atoms with Crippen LogP contribution in [0.3, 0.4) is 0 Å². The molecule has 0 N–H and O–H groups in total. The van der Waals surface area contributed by atoms with E-state index in [0.717, 1.165) is 38.6 Å². The lowest BCUT2D eigenvalue weighted by atomic mass is 9.73. The normalized spacial score (nSPS) is 12.0. The Morgan fingerprint density at radius 3 is 1.35 bits per heavy atom. The third-order valence-electron chi connectivity index (χ3n) is 9.62. The van der Waals surface area contributed by atoms with Gasteiger partial charge < -0.3 is 4.42 Å². The summed E-state index contributed by atoms with van der Waals surface area (Å²) in [6.07, 6.45) is 0. The second kappa shape index (κ2) is 13.3. The summed E-state index contributed by atoms with van der Waals surface area (Å²) in [5.41, 5.74) is 9.34. The summed E-state index contributed by atoms with van der Waals surface area (Å²) in [4.78, 5) is 15.2. The average molecular weight is 656 g/mol. The number of nitrogens with zero attached hydrogens (tertiary/aromatic N) is 3. The predicted octanol–water partition coefficient (Wildman–Crippen LogP) is 11.7. The van der Waals surface area contributed by atoms with E-state index in [0.29, 0.717) is 17.5 Å². The van der Waals surface area contributed by atoms with Gasteiger partial charge in [0.25, 0.3) is 0 Å². The molecule has 0 bridgehead atoms. The highest BCUT2D eigenvalue weighted by molar-refractivity contribution is 6.05. The summed E-state index contributed by atoms with van der Waals surface area (Å²) in [7, 11) is 0. The molecule has 0 saturated carbocycles. The van der Waals surface area contributed by atoms with E-state index in [1.807, 2.05) is 54.6 Å². The number of para-hydroxylation sites is 1. The Hall–Kier alpha value is -6.65. The van der Waals surface area contributed by atoms with Crippen molar-refractivity contribution in [1.29, 1.82) is 0 Å². The molecule has 0 aliphatic heterocycles. The molecule has 0 aliphatic carbocycles. The van der Waals surface area contributed by atoms with Crippen molar-refractivity contribution < 1.29 is 4.42 Å². The molecule has 0 amide bonds. The van der Waals surface area contributed by atoms with Gasteiger partial charge in [-0.2, -0.15) is 0 Å². The number of rotatable bonds is 8. The minimum Gasteiger partial charge on any atom is -0.456 e. The molecule has 9 rings (SSSR count). The first-order chi connectivity index (χ1) is 25.3. The van der Waals surface area contributed by atoms with Crippen LogP contribution in [0.25, 0.3) is 56.1 Å². The molecule has 0 aliphatic rings. The molecule has 1 unspecified atom stereocenters.